The SMILES string of the molecule is COc1ccc(OC)c([C@H](C)NC(=O)[C@H]2CCCN(S(=O)(=O)CCCc3ccccc3)C2)c1. The van der Waals surface area contributed by atoms with Crippen molar-refractivity contribution >= 4 is 15.9 Å². The average molecular weight is 475 g/mol. The molecule has 1 N–H and O–H groups in total. The molecule has 7 nitrogen and oxygen atoms in total. The predicted molar refractivity (Wildman–Crippen MR) is 129 cm³/mol. The maximum Gasteiger partial charge on any atom is 0.224 e. The van der Waals surface area contributed by atoms with Crippen LogP contribution < -0.4 is 14.8 Å². The molecule has 3 rings (SSSR count). The van der Waals surface area contributed by atoms with Crippen LogP contribution in [0.5, 0.6) is 11.5 Å². The second-order valence-electron chi connectivity index (χ2n) is 8.44. The molecule has 0 radical (unpaired) electrons. The summed E-state index contributed by atoms with van der Waals surface area (Å²) in [5.41, 5.74) is 1.94. The second kappa shape index (κ2) is 11.5. The van der Waals surface area contributed by atoms with Crippen LogP contribution in [0.3, 0.4) is 0 Å². The van der Waals surface area contributed by atoms with Crippen LogP contribution in [0.15, 0.2) is 48.5 Å². The van der Waals surface area contributed by atoms with E-state index in [0.29, 0.717) is 37.3 Å². The third kappa shape index (κ3) is 6.71. The first-order chi connectivity index (χ1) is 15.8. The summed E-state index contributed by atoms with van der Waals surface area (Å²) in [6.45, 7) is 2.58. The fourth-order valence-electron chi connectivity index (χ4n) is 4.23. The van der Waals surface area contributed by atoms with Crippen molar-refractivity contribution in [3.8, 4) is 11.5 Å². The van der Waals surface area contributed by atoms with E-state index in [9.17, 15) is 13.2 Å². The number of benzene rings is 2. The molecule has 1 heterocycles. The zero-order valence-electron chi connectivity index (χ0n) is 19.6. The highest BCUT2D eigenvalue weighted by atomic mass is 32.2. The average Bonchev–Trinajstić information content (AvgIpc) is 2.84. The highest BCUT2D eigenvalue weighted by molar-refractivity contribution is 7.89. The van der Waals surface area contributed by atoms with Crippen molar-refractivity contribution in [3.05, 3.63) is 59.7 Å². The molecule has 0 aromatic heterocycles. The molecule has 180 valence electrons. The molecule has 0 saturated carbocycles. The number of piperidine rings is 1. The zero-order chi connectivity index (χ0) is 23.8. The van der Waals surface area contributed by atoms with E-state index in [2.05, 4.69) is 5.32 Å². The standard InChI is InChI=1S/C25H34N2O5S/c1-19(23-17-22(31-2)13-14-24(23)32-3)26-25(28)21-12-7-15-27(18-21)33(29,30)16-8-11-20-9-5-4-6-10-20/h4-6,9-10,13-14,17,19,21H,7-8,11-12,15-16,18H2,1-3H3,(H,26,28)/t19-,21-/m0/s1. The number of ether oxygens (including phenoxy) is 2. The maximum absolute atomic E-state index is 13.0. The number of hydrogen-bond donors (Lipinski definition) is 1. The maximum atomic E-state index is 13.0. The number of hydrogen-bond acceptors (Lipinski definition) is 5. The van der Waals surface area contributed by atoms with Gasteiger partial charge in [0.25, 0.3) is 0 Å². The van der Waals surface area contributed by atoms with Crippen LogP contribution in [0.4, 0.5) is 0 Å². The van der Waals surface area contributed by atoms with Crippen LogP contribution in [0, 0.1) is 5.92 Å². The van der Waals surface area contributed by atoms with E-state index in [1.165, 1.54) is 4.31 Å². The molecule has 1 saturated heterocycles. The van der Waals surface area contributed by atoms with Crippen molar-refractivity contribution in [3.63, 3.8) is 0 Å². The normalized spacial score (nSPS) is 17.8. The predicted octanol–water partition coefficient (Wildman–Crippen LogP) is 3.56. The summed E-state index contributed by atoms with van der Waals surface area (Å²) in [6.07, 6.45) is 2.63. The van der Waals surface area contributed by atoms with E-state index < -0.39 is 10.0 Å². The Hall–Kier alpha value is -2.58. The molecule has 33 heavy (non-hydrogen) atoms. The minimum atomic E-state index is -3.40. The molecule has 1 aliphatic heterocycles. The summed E-state index contributed by atoms with van der Waals surface area (Å²) in [5, 5.41) is 3.03. The molecule has 2 atom stereocenters. The van der Waals surface area contributed by atoms with E-state index >= 15 is 0 Å². The summed E-state index contributed by atoms with van der Waals surface area (Å²) in [6, 6.07) is 15.0. The Balaban J connectivity index is 1.58. The van der Waals surface area contributed by atoms with Crippen LogP contribution >= 0.6 is 0 Å². The number of amides is 1. The molecule has 0 bridgehead atoms. The topological polar surface area (TPSA) is 84.9 Å². The molecule has 1 aliphatic rings. The van der Waals surface area contributed by atoms with E-state index in [4.69, 9.17) is 9.47 Å². The third-order valence-corrected chi connectivity index (χ3v) is 8.04. The van der Waals surface area contributed by atoms with Gasteiger partial charge in [-0.1, -0.05) is 30.3 Å². The quantitative estimate of drug-likeness (QED) is 0.569. The van der Waals surface area contributed by atoms with E-state index in [-0.39, 0.29) is 30.2 Å². The van der Waals surface area contributed by atoms with Gasteiger partial charge in [0.05, 0.1) is 31.9 Å². The fraction of sp³-hybridized carbons (Fsp3) is 0.480. The van der Waals surface area contributed by atoms with E-state index in [1.807, 2.05) is 43.3 Å². The molecular weight excluding hydrogens is 440 g/mol. The van der Waals surface area contributed by atoms with Crippen LogP contribution in [-0.4, -0.2) is 51.7 Å². The highest BCUT2D eigenvalue weighted by Crippen LogP contribution is 2.30. The van der Waals surface area contributed by atoms with Crippen molar-refractivity contribution in [2.45, 2.75) is 38.6 Å². The van der Waals surface area contributed by atoms with Gasteiger partial charge < -0.3 is 14.8 Å². The van der Waals surface area contributed by atoms with Gasteiger partial charge in [-0.2, -0.15) is 0 Å². The van der Waals surface area contributed by atoms with E-state index in [1.54, 1.807) is 26.4 Å². The van der Waals surface area contributed by atoms with Crippen LogP contribution in [0.2, 0.25) is 0 Å². The van der Waals surface area contributed by atoms with Crippen LogP contribution in [0.25, 0.3) is 0 Å². The van der Waals surface area contributed by atoms with Gasteiger partial charge in [-0.15, -0.1) is 0 Å². The van der Waals surface area contributed by atoms with Crippen molar-refractivity contribution in [1.82, 2.24) is 9.62 Å². The Morgan fingerprint density at radius 2 is 1.91 bits per heavy atom. The molecule has 1 amide bonds. The second-order valence-corrected chi connectivity index (χ2v) is 10.5. The Kier molecular flexibility index (Phi) is 8.74. The number of rotatable bonds is 10. The molecule has 0 unspecified atom stereocenters. The van der Waals surface area contributed by atoms with Crippen LogP contribution in [0.1, 0.15) is 43.4 Å². The van der Waals surface area contributed by atoms with Crippen molar-refractivity contribution in [1.29, 1.82) is 0 Å². The highest BCUT2D eigenvalue weighted by Gasteiger charge is 2.32. The van der Waals surface area contributed by atoms with Gasteiger partial charge in [0.15, 0.2) is 0 Å². The number of sulfonamides is 1. The monoisotopic (exact) mass is 474 g/mol. The lowest BCUT2D eigenvalue weighted by Crippen LogP contribution is -2.46. The van der Waals surface area contributed by atoms with Gasteiger partial charge in [0.2, 0.25) is 15.9 Å². The summed E-state index contributed by atoms with van der Waals surface area (Å²) in [7, 11) is -0.230. The van der Waals surface area contributed by atoms with Crippen molar-refractivity contribution in [2.24, 2.45) is 5.92 Å². The summed E-state index contributed by atoms with van der Waals surface area (Å²) < 4.78 is 38.0. The number of carbonyl (C=O) groups excluding carboxylic acids is 1. The van der Waals surface area contributed by atoms with Gasteiger partial charge in [-0.3, -0.25) is 4.79 Å². The van der Waals surface area contributed by atoms with Gasteiger partial charge in [0.1, 0.15) is 11.5 Å². The lowest BCUT2D eigenvalue weighted by atomic mass is 9.97. The minimum Gasteiger partial charge on any atom is -0.497 e. The summed E-state index contributed by atoms with van der Waals surface area (Å²) in [4.78, 5) is 13.0. The first-order valence-corrected chi connectivity index (χ1v) is 13.0. The summed E-state index contributed by atoms with van der Waals surface area (Å²) in [5.74, 6) is 0.915. The molecule has 1 fully saturated rings. The molecule has 0 aliphatic carbocycles. The number of nitrogens with zero attached hydrogens (tertiary/aromatic N) is 1. The number of nitrogens with one attached hydrogen (secondary N) is 1. The van der Waals surface area contributed by atoms with E-state index in [0.717, 1.165) is 17.5 Å². The minimum absolute atomic E-state index is 0.0909. The zero-order valence-corrected chi connectivity index (χ0v) is 20.4. The van der Waals surface area contributed by atoms with Crippen molar-refractivity contribution in [2.75, 3.05) is 33.1 Å². The first-order valence-electron chi connectivity index (χ1n) is 11.4. The fourth-order valence-corrected chi connectivity index (χ4v) is 5.81. The lowest BCUT2D eigenvalue weighted by molar-refractivity contribution is -0.126. The van der Waals surface area contributed by atoms with Gasteiger partial charge in [0, 0.05) is 18.7 Å². The Labute approximate surface area is 197 Å². The molecule has 0 spiro atoms. The molecule has 2 aromatic rings. The molecule has 8 heteroatoms. The van der Waals surface area contributed by atoms with Gasteiger partial charge >= 0.3 is 0 Å². The third-order valence-electron chi connectivity index (χ3n) is 6.12. The smallest absolute Gasteiger partial charge is 0.224 e. The number of carbonyl (C=O) groups is 1. The van der Waals surface area contributed by atoms with Crippen molar-refractivity contribution < 1.29 is 22.7 Å². The van der Waals surface area contributed by atoms with Crippen LogP contribution in [-0.2, 0) is 21.2 Å². The molecule has 2 aromatic carbocycles. The largest absolute Gasteiger partial charge is 0.497 e. The number of aryl methyl sites for hydroxylation is 1. The Morgan fingerprint density at radius 3 is 2.61 bits per heavy atom. The number of methoxy groups -OCH3 is 2. The van der Waals surface area contributed by atoms with Gasteiger partial charge in [-0.05, 0) is 56.4 Å². The van der Waals surface area contributed by atoms with Gasteiger partial charge in [-0.25, -0.2) is 12.7 Å². The first kappa shape index (κ1) is 25.1. The lowest BCUT2D eigenvalue weighted by Gasteiger charge is -2.32. The Morgan fingerprint density at radius 1 is 1.15 bits per heavy atom. The Bertz CT molecular complexity index is 1030. The molecular formula is C25H34N2O5S. The summed E-state index contributed by atoms with van der Waals surface area (Å²) >= 11 is 0.